The summed E-state index contributed by atoms with van der Waals surface area (Å²) in [6.45, 7) is 11.0. The summed E-state index contributed by atoms with van der Waals surface area (Å²) in [4.78, 5) is 1.99. The van der Waals surface area contributed by atoms with E-state index >= 15 is 0 Å². The lowest BCUT2D eigenvalue weighted by Gasteiger charge is -2.18. The molecule has 0 aliphatic carbocycles. The predicted molar refractivity (Wildman–Crippen MR) is 111 cm³/mol. The van der Waals surface area contributed by atoms with E-state index in [0.29, 0.717) is 30.3 Å². The zero-order valence-electron chi connectivity index (χ0n) is 18.6. The summed E-state index contributed by atoms with van der Waals surface area (Å²) in [6, 6.07) is 5.12. The highest BCUT2D eigenvalue weighted by atomic mass is 19.4. The standard InChI is InChI=1S/C17H21F3N2O4.2C2H6/c1-11-22(9-13(25-11)10-23-2)16-14-5-4-12(8-15(14)26-21-16)24-7-3-6-17(18,19)20;2*1-2/h4-5,8,11,13H,3,6-7,9-10H2,1-2H3;2*1-2H3. The third kappa shape index (κ3) is 7.36. The van der Waals surface area contributed by atoms with Gasteiger partial charge in [-0.1, -0.05) is 32.9 Å². The third-order valence-corrected chi connectivity index (χ3v) is 4.15. The Kier molecular flexibility index (Phi) is 11.0. The van der Waals surface area contributed by atoms with Gasteiger partial charge in [0, 0.05) is 19.6 Å². The van der Waals surface area contributed by atoms with Gasteiger partial charge in [0.15, 0.2) is 11.4 Å². The number of fused-ring (bicyclic) bond motifs is 1. The lowest BCUT2D eigenvalue weighted by atomic mass is 10.2. The highest BCUT2D eigenvalue weighted by Crippen LogP contribution is 2.33. The number of nitrogens with zero attached hydrogens (tertiary/aromatic N) is 2. The highest BCUT2D eigenvalue weighted by molar-refractivity contribution is 5.89. The molecule has 3 rings (SSSR count). The molecule has 0 bridgehead atoms. The fourth-order valence-corrected chi connectivity index (χ4v) is 2.96. The van der Waals surface area contributed by atoms with Crippen LogP contribution in [0.5, 0.6) is 5.75 Å². The van der Waals surface area contributed by atoms with Crippen LogP contribution in [0.3, 0.4) is 0 Å². The molecule has 0 spiro atoms. The molecule has 1 fully saturated rings. The highest BCUT2D eigenvalue weighted by Gasteiger charge is 2.32. The van der Waals surface area contributed by atoms with Crippen LogP contribution in [0.25, 0.3) is 11.0 Å². The van der Waals surface area contributed by atoms with Crippen LogP contribution in [0.1, 0.15) is 47.5 Å². The van der Waals surface area contributed by atoms with Gasteiger partial charge in [0.05, 0.1) is 25.1 Å². The molecule has 6 nitrogen and oxygen atoms in total. The fourth-order valence-electron chi connectivity index (χ4n) is 2.96. The molecule has 1 aromatic carbocycles. The number of aromatic nitrogens is 1. The van der Waals surface area contributed by atoms with Crippen LogP contribution in [0, 0.1) is 0 Å². The van der Waals surface area contributed by atoms with Crippen LogP contribution >= 0.6 is 0 Å². The Morgan fingerprint density at radius 3 is 2.53 bits per heavy atom. The first-order valence-electron chi connectivity index (χ1n) is 10.4. The van der Waals surface area contributed by atoms with Crippen molar-refractivity contribution < 1.29 is 31.9 Å². The largest absolute Gasteiger partial charge is 0.493 e. The van der Waals surface area contributed by atoms with Gasteiger partial charge >= 0.3 is 6.18 Å². The number of anilines is 1. The van der Waals surface area contributed by atoms with Crippen LogP contribution in [0.4, 0.5) is 19.0 Å². The van der Waals surface area contributed by atoms with E-state index in [-0.39, 0.29) is 25.4 Å². The minimum Gasteiger partial charge on any atom is -0.493 e. The molecule has 0 N–H and O–H groups in total. The first-order valence-corrected chi connectivity index (χ1v) is 10.4. The van der Waals surface area contributed by atoms with Crippen molar-refractivity contribution in [2.24, 2.45) is 0 Å². The van der Waals surface area contributed by atoms with Crippen LogP contribution in [-0.2, 0) is 9.47 Å². The number of hydrogen-bond donors (Lipinski definition) is 0. The molecular formula is C21H33F3N2O4. The van der Waals surface area contributed by atoms with E-state index in [1.807, 2.05) is 39.5 Å². The molecule has 30 heavy (non-hydrogen) atoms. The van der Waals surface area contributed by atoms with Gasteiger partial charge in [-0.3, -0.25) is 0 Å². The average Bonchev–Trinajstić information content (AvgIpc) is 3.30. The normalized spacial score (nSPS) is 18.5. The number of benzene rings is 1. The van der Waals surface area contributed by atoms with E-state index in [1.54, 1.807) is 25.3 Å². The van der Waals surface area contributed by atoms with E-state index < -0.39 is 12.6 Å². The van der Waals surface area contributed by atoms with Gasteiger partial charge in [-0.15, -0.1) is 0 Å². The van der Waals surface area contributed by atoms with E-state index in [1.165, 1.54) is 0 Å². The van der Waals surface area contributed by atoms with Crippen molar-refractivity contribution in [2.75, 3.05) is 31.8 Å². The van der Waals surface area contributed by atoms with E-state index in [0.717, 1.165) is 5.39 Å². The summed E-state index contributed by atoms with van der Waals surface area (Å²) in [7, 11) is 1.62. The lowest BCUT2D eigenvalue weighted by Crippen LogP contribution is -2.28. The van der Waals surface area contributed by atoms with Gasteiger partial charge in [0.2, 0.25) is 0 Å². The number of alkyl halides is 3. The zero-order valence-corrected chi connectivity index (χ0v) is 18.6. The molecule has 2 atom stereocenters. The molecule has 0 saturated carbocycles. The molecule has 1 aliphatic heterocycles. The van der Waals surface area contributed by atoms with E-state index in [2.05, 4.69) is 5.16 Å². The second-order valence-corrected chi connectivity index (χ2v) is 6.20. The van der Waals surface area contributed by atoms with Gasteiger partial charge in [0.25, 0.3) is 0 Å². The first kappa shape index (κ1) is 26.0. The maximum absolute atomic E-state index is 12.1. The Morgan fingerprint density at radius 1 is 1.20 bits per heavy atom. The van der Waals surface area contributed by atoms with Gasteiger partial charge in [0.1, 0.15) is 18.1 Å². The Bertz CT molecular complexity index is 737. The minimum absolute atomic E-state index is 0.0122. The van der Waals surface area contributed by atoms with Crippen molar-refractivity contribution in [3.63, 3.8) is 0 Å². The molecule has 2 unspecified atom stereocenters. The number of hydrogen-bond acceptors (Lipinski definition) is 6. The second kappa shape index (κ2) is 12.6. The van der Waals surface area contributed by atoms with Crippen molar-refractivity contribution in [2.45, 2.75) is 66.0 Å². The second-order valence-electron chi connectivity index (χ2n) is 6.20. The SMILES string of the molecule is CC.CC.COCC1CN(c2noc3cc(OCCCC(F)(F)F)ccc23)C(C)O1. The Morgan fingerprint density at radius 2 is 1.90 bits per heavy atom. The zero-order chi connectivity index (χ0) is 22.7. The number of rotatable bonds is 7. The molecule has 1 aromatic heterocycles. The Balaban J connectivity index is 0.00000106. The van der Waals surface area contributed by atoms with Crippen LogP contribution in [0.2, 0.25) is 0 Å². The van der Waals surface area contributed by atoms with Crippen molar-refractivity contribution in [1.82, 2.24) is 5.16 Å². The summed E-state index contributed by atoms with van der Waals surface area (Å²) >= 11 is 0. The summed E-state index contributed by atoms with van der Waals surface area (Å²) in [5.74, 6) is 1.11. The Hall–Kier alpha value is -2.00. The minimum atomic E-state index is -4.16. The lowest BCUT2D eigenvalue weighted by molar-refractivity contribution is -0.136. The molecule has 1 saturated heterocycles. The van der Waals surface area contributed by atoms with Crippen molar-refractivity contribution in [3.8, 4) is 5.75 Å². The number of ether oxygens (including phenoxy) is 3. The monoisotopic (exact) mass is 434 g/mol. The molecule has 9 heteroatoms. The molecule has 0 radical (unpaired) electrons. The van der Waals surface area contributed by atoms with Gasteiger partial charge in [-0.05, 0) is 25.5 Å². The maximum atomic E-state index is 12.1. The van der Waals surface area contributed by atoms with E-state index in [4.69, 9.17) is 18.7 Å². The van der Waals surface area contributed by atoms with E-state index in [9.17, 15) is 13.2 Å². The molecule has 172 valence electrons. The first-order chi connectivity index (χ1) is 14.4. The number of methoxy groups -OCH3 is 1. The fraction of sp³-hybridized carbons (Fsp3) is 0.667. The topological polar surface area (TPSA) is 57.0 Å². The van der Waals surface area contributed by atoms with Crippen molar-refractivity contribution in [3.05, 3.63) is 18.2 Å². The van der Waals surface area contributed by atoms with Gasteiger partial charge in [-0.25, -0.2) is 0 Å². The van der Waals surface area contributed by atoms with Gasteiger partial charge in [-0.2, -0.15) is 13.2 Å². The summed E-state index contributed by atoms with van der Waals surface area (Å²) in [5.41, 5.74) is 0.510. The van der Waals surface area contributed by atoms with Crippen LogP contribution in [0.15, 0.2) is 22.7 Å². The number of halogens is 3. The van der Waals surface area contributed by atoms with Crippen molar-refractivity contribution in [1.29, 1.82) is 0 Å². The van der Waals surface area contributed by atoms with Crippen molar-refractivity contribution >= 4 is 16.8 Å². The average molecular weight is 434 g/mol. The Labute approximate surface area is 176 Å². The molecule has 0 amide bonds. The maximum Gasteiger partial charge on any atom is 0.389 e. The van der Waals surface area contributed by atoms with Crippen LogP contribution < -0.4 is 9.64 Å². The third-order valence-electron chi connectivity index (χ3n) is 4.15. The molecule has 2 aromatic rings. The summed E-state index contributed by atoms with van der Waals surface area (Å²) in [6.07, 6.45) is -5.33. The smallest absolute Gasteiger partial charge is 0.389 e. The summed E-state index contributed by atoms with van der Waals surface area (Å²) < 4.78 is 58.1. The molecular weight excluding hydrogens is 401 g/mol. The van der Waals surface area contributed by atoms with Crippen LogP contribution in [-0.4, -0.2) is 50.5 Å². The quantitative estimate of drug-likeness (QED) is 0.514. The molecule has 2 heterocycles. The predicted octanol–water partition coefficient (Wildman–Crippen LogP) is 5.80. The van der Waals surface area contributed by atoms with Gasteiger partial charge < -0.3 is 23.6 Å². The summed E-state index contributed by atoms with van der Waals surface area (Å²) in [5, 5.41) is 4.91. The molecule has 1 aliphatic rings.